The molecule has 9 nitrogen and oxygen atoms in total. The van der Waals surface area contributed by atoms with Gasteiger partial charge in [-0.25, -0.2) is 0 Å². The molecule has 9 heteroatoms. The molecule has 5 aromatic rings. The third kappa shape index (κ3) is 5.79. The molecule has 0 unspecified atom stereocenters. The van der Waals surface area contributed by atoms with Crippen LogP contribution in [0, 0.1) is 0 Å². The molecule has 0 aliphatic carbocycles. The molecule has 41 heavy (non-hydrogen) atoms. The lowest BCUT2D eigenvalue weighted by Gasteiger charge is -2.31. The summed E-state index contributed by atoms with van der Waals surface area (Å²) in [7, 11) is 0. The van der Waals surface area contributed by atoms with E-state index in [1.54, 1.807) is 0 Å². The zero-order chi connectivity index (χ0) is 28.2. The highest BCUT2D eigenvalue weighted by Crippen LogP contribution is 2.28. The second-order valence-corrected chi connectivity index (χ2v) is 10.4. The molecule has 3 N–H and O–H groups in total. The van der Waals surface area contributed by atoms with Gasteiger partial charge >= 0.3 is 0 Å². The van der Waals surface area contributed by atoms with Crippen molar-refractivity contribution < 1.29 is 9.59 Å². The summed E-state index contributed by atoms with van der Waals surface area (Å²) in [6, 6.07) is 25.4. The summed E-state index contributed by atoms with van der Waals surface area (Å²) in [4.78, 5) is 31.8. The number of nitrogens with two attached hydrogens (primary N) is 1. The van der Waals surface area contributed by atoms with E-state index in [1.807, 2.05) is 94.4 Å². The first-order valence-corrected chi connectivity index (χ1v) is 13.8. The lowest BCUT2D eigenvalue weighted by molar-refractivity contribution is 0.0710. The normalized spacial score (nSPS) is 13.8. The first-order chi connectivity index (χ1) is 20.0. The molecule has 6 rings (SSSR count). The summed E-state index contributed by atoms with van der Waals surface area (Å²) in [6.45, 7) is 1.89. The number of benzene rings is 2. The lowest BCUT2D eigenvalue weighted by atomic mass is 9.95. The first kappa shape index (κ1) is 26.2. The van der Waals surface area contributed by atoms with E-state index in [0.717, 1.165) is 41.1 Å². The van der Waals surface area contributed by atoms with Gasteiger partial charge in [-0.2, -0.15) is 0 Å². The maximum absolute atomic E-state index is 13.4. The van der Waals surface area contributed by atoms with Crippen LogP contribution in [-0.4, -0.2) is 49.4 Å². The second kappa shape index (κ2) is 11.6. The number of carbonyl (C=O) groups is 2. The van der Waals surface area contributed by atoms with Crippen LogP contribution in [0.3, 0.4) is 0 Å². The van der Waals surface area contributed by atoms with E-state index in [-0.39, 0.29) is 11.8 Å². The molecule has 0 saturated carbocycles. The molecule has 1 aliphatic rings. The van der Waals surface area contributed by atoms with E-state index < -0.39 is 5.91 Å². The third-order valence-corrected chi connectivity index (χ3v) is 7.60. The van der Waals surface area contributed by atoms with Gasteiger partial charge in [0.2, 0.25) is 0 Å². The van der Waals surface area contributed by atoms with Gasteiger partial charge in [0.05, 0.1) is 11.3 Å². The number of carbonyl (C=O) groups excluding carboxylic acids is 2. The van der Waals surface area contributed by atoms with E-state index in [9.17, 15) is 9.59 Å². The predicted octanol–water partition coefficient (Wildman–Crippen LogP) is 4.45. The number of amides is 2. The Balaban J connectivity index is 1.12. The van der Waals surface area contributed by atoms with Crippen LogP contribution in [-0.2, 0) is 13.0 Å². The molecule has 4 heterocycles. The van der Waals surface area contributed by atoms with E-state index in [2.05, 4.69) is 20.5 Å². The molecular weight excluding hydrogens is 514 g/mol. The SMILES string of the molecule is NC(=O)c1cnc(Cc2cccc(C(=O)N3CCC(c4nnc5ccccn45)CC3)c2)cc1NCc1ccccc1. The van der Waals surface area contributed by atoms with Crippen LogP contribution in [0.15, 0.2) is 91.3 Å². The number of likely N-dealkylation sites (tertiary alicyclic amines) is 1. The summed E-state index contributed by atoms with van der Waals surface area (Å²) in [6.07, 6.45) is 5.71. The van der Waals surface area contributed by atoms with E-state index in [1.165, 1.54) is 6.20 Å². The molecule has 2 amide bonds. The Labute approximate surface area is 238 Å². The fourth-order valence-electron chi connectivity index (χ4n) is 5.42. The zero-order valence-corrected chi connectivity index (χ0v) is 22.6. The molecule has 2 aromatic carbocycles. The summed E-state index contributed by atoms with van der Waals surface area (Å²) in [5, 5.41) is 12.0. The van der Waals surface area contributed by atoms with Crippen LogP contribution in [0.1, 0.15) is 62.1 Å². The number of nitrogens with one attached hydrogen (secondary N) is 1. The minimum atomic E-state index is -0.534. The number of fused-ring (bicyclic) bond motifs is 1. The number of pyridine rings is 2. The highest BCUT2D eigenvalue weighted by molar-refractivity contribution is 5.98. The first-order valence-electron chi connectivity index (χ1n) is 13.8. The number of hydrogen-bond donors (Lipinski definition) is 2. The van der Waals surface area contributed by atoms with Gasteiger partial charge in [-0.15, -0.1) is 10.2 Å². The highest BCUT2D eigenvalue weighted by Gasteiger charge is 2.27. The molecule has 206 valence electrons. The van der Waals surface area contributed by atoms with E-state index >= 15 is 0 Å². The maximum atomic E-state index is 13.4. The van der Waals surface area contributed by atoms with Crippen molar-refractivity contribution in [3.8, 4) is 0 Å². The highest BCUT2D eigenvalue weighted by atomic mass is 16.2. The molecule has 0 radical (unpaired) electrons. The minimum Gasteiger partial charge on any atom is -0.380 e. The van der Waals surface area contributed by atoms with Gasteiger partial charge in [0.1, 0.15) is 5.82 Å². The van der Waals surface area contributed by atoms with Crippen LogP contribution in [0.5, 0.6) is 0 Å². The number of nitrogens with zero attached hydrogens (tertiary/aromatic N) is 5. The third-order valence-electron chi connectivity index (χ3n) is 7.60. The van der Waals surface area contributed by atoms with Gasteiger partial charge < -0.3 is 16.0 Å². The van der Waals surface area contributed by atoms with Gasteiger partial charge in [-0.1, -0.05) is 48.5 Å². The molecule has 1 saturated heterocycles. The number of anilines is 1. The van der Waals surface area contributed by atoms with Crippen molar-refractivity contribution >= 4 is 23.1 Å². The fraction of sp³-hybridized carbons (Fsp3) is 0.219. The van der Waals surface area contributed by atoms with Crippen LogP contribution in [0.25, 0.3) is 5.65 Å². The Morgan fingerprint density at radius 2 is 1.68 bits per heavy atom. The average Bonchev–Trinajstić information content (AvgIpc) is 3.45. The molecule has 0 bridgehead atoms. The number of primary amides is 1. The van der Waals surface area contributed by atoms with Crippen molar-refractivity contribution in [2.45, 2.75) is 31.7 Å². The largest absolute Gasteiger partial charge is 0.380 e. The quantitative estimate of drug-likeness (QED) is 0.298. The maximum Gasteiger partial charge on any atom is 0.253 e. The number of piperidine rings is 1. The Kier molecular flexibility index (Phi) is 7.40. The number of hydrogen-bond acceptors (Lipinski definition) is 6. The van der Waals surface area contributed by atoms with Gasteiger partial charge in [-0.3, -0.25) is 19.0 Å². The topological polar surface area (TPSA) is 119 Å². The Morgan fingerprint density at radius 3 is 2.49 bits per heavy atom. The number of aromatic nitrogens is 4. The van der Waals surface area contributed by atoms with Gasteiger partial charge in [-0.05, 0) is 54.3 Å². The van der Waals surface area contributed by atoms with Crippen LogP contribution in [0.2, 0.25) is 0 Å². The van der Waals surface area contributed by atoms with Crippen molar-refractivity contribution in [2.24, 2.45) is 5.73 Å². The molecule has 0 atom stereocenters. The summed E-state index contributed by atoms with van der Waals surface area (Å²) in [5.74, 6) is 0.718. The molecule has 1 aliphatic heterocycles. The van der Waals surface area contributed by atoms with E-state index in [4.69, 9.17) is 5.73 Å². The van der Waals surface area contributed by atoms with Crippen molar-refractivity contribution in [2.75, 3.05) is 18.4 Å². The number of rotatable bonds is 8. The van der Waals surface area contributed by atoms with Gasteiger partial charge in [0.25, 0.3) is 11.8 Å². The van der Waals surface area contributed by atoms with Crippen molar-refractivity contribution in [3.63, 3.8) is 0 Å². The minimum absolute atomic E-state index is 0.0265. The van der Waals surface area contributed by atoms with Crippen LogP contribution in [0.4, 0.5) is 5.69 Å². The Bertz CT molecular complexity index is 1690. The molecular formula is C32H31N7O2. The summed E-state index contributed by atoms with van der Waals surface area (Å²) in [5.41, 5.74) is 10.9. The van der Waals surface area contributed by atoms with Crippen LogP contribution >= 0.6 is 0 Å². The van der Waals surface area contributed by atoms with Crippen LogP contribution < -0.4 is 11.1 Å². The van der Waals surface area contributed by atoms with Crippen molar-refractivity contribution in [1.29, 1.82) is 0 Å². The van der Waals surface area contributed by atoms with Gasteiger partial charge in [0, 0.05) is 55.6 Å². The van der Waals surface area contributed by atoms with Crippen molar-refractivity contribution in [3.05, 3.63) is 125 Å². The second-order valence-electron chi connectivity index (χ2n) is 10.4. The predicted molar refractivity (Wildman–Crippen MR) is 157 cm³/mol. The summed E-state index contributed by atoms with van der Waals surface area (Å²) >= 11 is 0. The molecule has 0 spiro atoms. The van der Waals surface area contributed by atoms with Crippen molar-refractivity contribution in [1.82, 2.24) is 24.5 Å². The van der Waals surface area contributed by atoms with E-state index in [0.29, 0.717) is 42.9 Å². The Hall–Kier alpha value is -5.05. The smallest absolute Gasteiger partial charge is 0.253 e. The monoisotopic (exact) mass is 545 g/mol. The average molecular weight is 546 g/mol. The molecule has 3 aromatic heterocycles. The molecule has 1 fully saturated rings. The summed E-state index contributed by atoms with van der Waals surface area (Å²) < 4.78 is 2.04. The zero-order valence-electron chi connectivity index (χ0n) is 22.6. The lowest BCUT2D eigenvalue weighted by Crippen LogP contribution is -2.38. The fourth-order valence-corrected chi connectivity index (χ4v) is 5.42. The standard InChI is InChI=1S/C32H31N7O2/c33-30(40)27-21-34-26(19-28(27)35-20-22-7-2-1-3-8-22)18-23-9-6-10-25(17-23)32(41)38-15-12-24(13-16-38)31-37-36-29-11-4-5-14-39(29)31/h1-11,14,17,19,21,24H,12-13,15-16,18,20H2,(H2,33,40)(H,34,35). The van der Waals surface area contributed by atoms with Gasteiger partial charge in [0.15, 0.2) is 5.65 Å². The Morgan fingerprint density at radius 1 is 0.902 bits per heavy atom.